The van der Waals surface area contributed by atoms with E-state index in [2.05, 4.69) is 251 Å². The van der Waals surface area contributed by atoms with Gasteiger partial charge in [0, 0.05) is 108 Å². The van der Waals surface area contributed by atoms with Crippen molar-refractivity contribution >= 4 is 143 Å². The number of para-hydroxylation sites is 4. The van der Waals surface area contributed by atoms with Crippen LogP contribution in [0.3, 0.4) is 0 Å². The number of anilines is 6. The van der Waals surface area contributed by atoms with Crippen LogP contribution in [0.25, 0.3) is 109 Å². The highest BCUT2D eigenvalue weighted by molar-refractivity contribution is 6.19. The minimum Gasteiger partial charge on any atom is -0.456 e. The summed E-state index contributed by atoms with van der Waals surface area (Å²) >= 11 is 0. The third-order valence-corrected chi connectivity index (χ3v) is 14.8. The van der Waals surface area contributed by atoms with Gasteiger partial charge in [0.15, 0.2) is 0 Å². The van der Waals surface area contributed by atoms with E-state index in [-0.39, 0.29) is 0 Å². The van der Waals surface area contributed by atoms with Gasteiger partial charge in [-0.2, -0.15) is 0 Å². The minimum absolute atomic E-state index is 0.805. The summed E-state index contributed by atoms with van der Waals surface area (Å²) in [6, 6.07) is 78.8. The molecule has 0 fully saturated rings. The van der Waals surface area contributed by atoms with Crippen molar-refractivity contribution in [3.8, 4) is 0 Å². The van der Waals surface area contributed by atoms with Crippen LogP contribution in [0.5, 0.6) is 0 Å². The van der Waals surface area contributed by atoms with Crippen LogP contribution >= 0.6 is 0 Å². The normalized spacial score (nSPS) is 12.1. The minimum atomic E-state index is 0.805. The molecule has 0 N–H and O–H groups in total. The van der Waals surface area contributed by atoms with E-state index in [0.717, 1.165) is 99.5 Å². The molecule has 0 atom stereocenters. The van der Waals surface area contributed by atoms with E-state index in [0.29, 0.717) is 0 Å². The lowest BCUT2D eigenvalue weighted by atomic mass is 10.0. The highest BCUT2D eigenvalue weighted by atomic mass is 16.3. The molecule has 0 bridgehead atoms. The van der Waals surface area contributed by atoms with Crippen LogP contribution in [0.2, 0.25) is 0 Å². The molecule has 4 aromatic heterocycles. The Labute approximate surface area is 401 Å². The lowest BCUT2D eigenvalue weighted by molar-refractivity contribution is 0.656. The van der Waals surface area contributed by atoms with E-state index in [1.165, 1.54) is 43.6 Å². The summed E-state index contributed by atoms with van der Waals surface area (Å²) in [6.07, 6.45) is 0. The Morgan fingerprint density at radius 2 is 0.629 bits per heavy atom. The first kappa shape index (κ1) is 38.8. The van der Waals surface area contributed by atoms with Gasteiger partial charge in [0.05, 0.1) is 11.0 Å². The van der Waals surface area contributed by atoms with Crippen molar-refractivity contribution in [2.75, 3.05) is 9.80 Å². The second-order valence-corrected chi connectivity index (χ2v) is 18.7. The fourth-order valence-corrected chi connectivity index (χ4v) is 11.4. The summed E-state index contributed by atoms with van der Waals surface area (Å²) in [7, 11) is 4.31. The summed E-state index contributed by atoms with van der Waals surface area (Å²) in [6.45, 7) is 0. The number of hydrogen-bond acceptors (Lipinski definition) is 4. The van der Waals surface area contributed by atoms with Crippen LogP contribution in [0.4, 0.5) is 34.1 Å². The predicted molar refractivity (Wildman–Crippen MR) is 293 cm³/mol. The molecule has 0 spiro atoms. The number of rotatable bonds is 6. The van der Waals surface area contributed by atoms with Crippen molar-refractivity contribution < 1.29 is 8.83 Å². The zero-order chi connectivity index (χ0) is 46.2. The van der Waals surface area contributed by atoms with Gasteiger partial charge in [-0.3, -0.25) is 0 Å². The first-order valence-electron chi connectivity index (χ1n) is 23.8. The van der Waals surface area contributed by atoms with Crippen molar-refractivity contribution in [3.63, 3.8) is 0 Å². The molecule has 4 heterocycles. The van der Waals surface area contributed by atoms with Crippen molar-refractivity contribution in [2.45, 2.75) is 0 Å². The molecular weight excluding hydrogens is 857 g/mol. The van der Waals surface area contributed by atoms with Crippen LogP contribution < -0.4 is 9.80 Å². The number of aromatic nitrogens is 2. The Kier molecular flexibility index (Phi) is 8.10. The number of fused-ring (bicyclic) bond motifs is 14. The van der Waals surface area contributed by atoms with Gasteiger partial charge in [-0.1, -0.05) is 97.1 Å². The lowest BCUT2D eigenvalue weighted by Crippen LogP contribution is -2.09. The van der Waals surface area contributed by atoms with Crippen LogP contribution in [0, 0.1) is 0 Å². The third-order valence-electron chi connectivity index (χ3n) is 14.8. The Hall–Kier alpha value is -9.26. The van der Waals surface area contributed by atoms with Crippen molar-refractivity contribution in [3.05, 3.63) is 218 Å². The average molecular weight is 899 g/mol. The number of nitrogens with zero attached hydrogens (tertiary/aromatic N) is 4. The summed E-state index contributed by atoms with van der Waals surface area (Å²) in [5, 5.41) is 13.9. The zero-order valence-corrected chi connectivity index (χ0v) is 38.4. The van der Waals surface area contributed by atoms with E-state index in [9.17, 15) is 0 Å². The SMILES string of the molecule is Cn1c2ccccc2c2ccc(N(c3ccccc3)c3ccc4cc5c(cc4c3)oc3cc4oc6cc7cc(N(c8ccccc8)c8ccc9c%10ccccc%10n(C)c9c8)ccc7cc6c4cc35)cc21. The van der Waals surface area contributed by atoms with Gasteiger partial charge in [-0.25, -0.2) is 0 Å². The molecule has 0 aliphatic rings. The number of hydrogen-bond donors (Lipinski definition) is 0. The van der Waals surface area contributed by atoms with Crippen LogP contribution in [0.15, 0.2) is 227 Å². The van der Waals surface area contributed by atoms with Gasteiger partial charge in [-0.15, -0.1) is 0 Å². The summed E-state index contributed by atoms with van der Waals surface area (Å²) in [4.78, 5) is 4.68. The molecule has 6 nitrogen and oxygen atoms in total. The second-order valence-electron chi connectivity index (χ2n) is 18.7. The molecule has 330 valence electrons. The first-order chi connectivity index (χ1) is 34.5. The molecule has 0 saturated heterocycles. The Bertz CT molecular complexity index is 4340. The lowest BCUT2D eigenvalue weighted by Gasteiger charge is -2.26. The number of furan rings is 2. The zero-order valence-electron chi connectivity index (χ0n) is 38.4. The van der Waals surface area contributed by atoms with Gasteiger partial charge in [0.2, 0.25) is 0 Å². The van der Waals surface area contributed by atoms with Crippen LogP contribution in [-0.2, 0) is 14.1 Å². The van der Waals surface area contributed by atoms with E-state index >= 15 is 0 Å². The molecular formula is C64H42N4O2. The Morgan fingerprint density at radius 3 is 1.10 bits per heavy atom. The van der Waals surface area contributed by atoms with Gasteiger partial charge in [0.1, 0.15) is 22.3 Å². The first-order valence-corrected chi connectivity index (χ1v) is 23.8. The predicted octanol–water partition coefficient (Wildman–Crippen LogP) is 18.0. The maximum absolute atomic E-state index is 6.70. The van der Waals surface area contributed by atoms with Crippen molar-refractivity contribution in [2.24, 2.45) is 14.1 Å². The molecule has 15 rings (SSSR count). The van der Waals surface area contributed by atoms with Gasteiger partial charge in [0.25, 0.3) is 0 Å². The highest BCUT2D eigenvalue weighted by Gasteiger charge is 2.20. The van der Waals surface area contributed by atoms with Gasteiger partial charge in [-0.05, 0) is 137 Å². The fraction of sp³-hybridized carbons (Fsp3) is 0.0312. The smallest absolute Gasteiger partial charge is 0.139 e. The van der Waals surface area contributed by atoms with Crippen molar-refractivity contribution in [1.82, 2.24) is 9.13 Å². The quantitative estimate of drug-likeness (QED) is 0.167. The molecule has 0 amide bonds. The number of aryl methyl sites for hydroxylation is 2. The van der Waals surface area contributed by atoms with Crippen molar-refractivity contribution in [1.29, 1.82) is 0 Å². The monoisotopic (exact) mass is 898 g/mol. The van der Waals surface area contributed by atoms with Gasteiger partial charge >= 0.3 is 0 Å². The molecule has 6 heteroatoms. The molecule has 70 heavy (non-hydrogen) atoms. The molecule has 0 radical (unpaired) electrons. The Balaban J connectivity index is 0.817. The van der Waals surface area contributed by atoms with Crippen LogP contribution in [0.1, 0.15) is 0 Å². The topological polar surface area (TPSA) is 42.6 Å². The maximum atomic E-state index is 6.70. The second kappa shape index (κ2) is 14.6. The standard InChI is InChI=1S/C64H42N4O2/c1-65-57-19-11-9-17-49(57)51-27-25-47(35-59(51)65)67(43-13-5-3-6-14-43)45-23-21-39-31-53-55-37-56-54-32-40-22-24-46(30-42(40)34-62(54)70-64(56)38-63(55)69-61(53)33-41(39)29-45)68(44-15-7-4-8-16-44)48-26-28-52-50-18-10-12-20-58(50)66(2)60(52)36-48/h3-38H,1-2H3. The summed E-state index contributed by atoms with van der Waals surface area (Å²) < 4.78 is 18.0. The van der Waals surface area contributed by atoms with Gasteiger partial charge < -0.3 is 27.8 Å². The average Bonchev–Trinajstić information content (AvgIpc) is 4.11. The van der Waals surface area contributed by atoms with Crippen LogP contribution in [-0.4, -0.2) is 9.13 Å². The molecule has 15 aromatic rings. The largest absolute Gasteiger partial charge is 0.456 e. The molecule has 0 aliphatic heterocycles. The summed E-state index contributed by atoms with van der Waals surface area (Å²) in [5.41, 5.74) is 14.7. The number of benzene rings is 11. The van der Waals surface area contributed by atoms with E-state index in [1.54, 1.807) is 0 Å². The fourth-order valence-electron chi connectivity index (χ4n) is 11.4. The van der Waals surface area contributed by atoms with E-state index in [1.807, 2.05) is 0 Å². The third kappa shape index (κ3) is 5.74. The van der Waals surface area contributed by atoms with E-state index < -0.39 is 0 Å². The maximum Gasteiger partial charge on any atom is 0.139 e. The summed E-state index contributed by atoms with van der Waals surface area (Å²) in [5.74, 6) is 0. The Morgan fingerprint density at radius 1 is 0.257 bits per heavy atom. The van der Waals surface area contributed by atoms with E-state index in [4.69, 9.17) is 8.83 Å². The molecule has 0 saturated carbocycles. The molecule has 11 aromatic carbocycles. The molecule has 0 aliphatic carbocycles. The highest BCUT2D eigenvalue weighted by Crippen LogP contribution is 2.44. The molecule has 0 unspecified atom stereocenters.